The molecule has 0 atom stereocenters. The van der Waals surface area contributed by atoms with Gasteiger partial charge in [0.15, 0.2) is 5.82 Å². The molecule has 1 aromatic heterocycles. The predicted octanol–water partition coefficient (Wildman–Crippen LogP) is 2.97. The standard InChI is InChI=1S/C15H18N2O/c1-11(2)13-6-4-12(5-7-13)10-14(18)15-16-8-9-17(15)3/h4-9,11H,10H2,1-3H3. The van der Waals surface area contributed by atoms with Gasteiger partial charge in [-0.2, -0.15) is 0 Å². The van der Waals surface area contributed by atoms with Crippen LogP contribution in [0.2, 0.25) is 0 Å². The van der Waals surface area contributed by atoms with Gasteiger partial charge >= 0.3 is 0 Å². The molecule has 0 radical (unpaired) electrons. The Morgan fingerprint density at radius 2 is 1.94 bits per heavy atom. The molecule has 1 heterocycles. The number of hydrogen-bond donors (Lipinski definition) is 0. The van der Waals surface area contributed by atoms with Crippen LogP contribution in [0.4, 0.5) is 0 Å². The van der Waals surface area contributed by atoms with Gasteiger partial charge in [-0.3, -0.25) is 4.79 Å². The van der Waals surface area contributed by atoms with E-state index in [2.05, 4.69) is 31.0 Å². The van der Waals surface area contributed by atoms with Crippen molar-refractivity contribution in [2.75, 3.05) is 0 Å². The first-order chi connectivity index (χ1) is 8.58. The molecular weight excluding hydrogens is 224 g/mol. The second kappa shape index (κ2) is 5.17. The second-order valence-corrected chi connectivity index (χ2v) is 4.86. The van der Waals surface area contributed by atoms with Gasteiger partial charge in [0, 0.05) is 25.9 Å². The van der Waals surface area contributed by atoms with Crippen LogP contribution in [0.3, 0.4) is 0 Å². The van der Waals surface area contributed by atoms with Gasteiger partial charge in [0.2, 0.25) is 5.78 Å². The van der Waals surface area contributed by atoms with Crippen molar-refractivity contribution in [1.29, 1.82) is 0 Å². The van der Waals surface area contributed by atoms with Crippen molar-refractivity contribution in [3.63, 3.8) is 0 Å². The number of ketones is 1. The van der Waals surface area contributed by atoms with Gasteiger partial charge in [0.25, 0.3) is 0 Å². The molecule has 0 aliphatic rings. The fourth-order valence-corrected chi connectivity index (χ4v) is 1.92. The van der Waals surface area contributed by atoms with E-state index in [-0.39, 0.29) is 5.78 Å². The molecule has 3 heteroatoms. The molecule has 2 rings (SSSR count). The minimum atomic E-state index is 0.0554. The first kappa shape index (κ1) is 12.6. The fraction of sp³-hybridized carbons (Fsp3) is 0.333. The SMILES string of the molecule is CC(C)c1ccc(CC(=O)c2nccn2C)cc1. The smallest absolute Gasteiger partial charge is 0.202 e. The molecule has 94 valence electrons. The van der Waals surface area contributed by atoms with Crippen LogP contribution >= 0.6 is 0 Å². The average molecular weight is 242 g/mol. The summed E-state index contributed by atoms with van der Waals surface area (Å²) in [4.78, 5) is 16.1. The summed E-state index contributed by atoms with van der Waals surface area (Å²) < 4.78 is 1.75. The Kier molecular flexibility index (Phi) is 3.60. The summed E-state index contributed by atoms with van der Waals surface area (Å²) in [6.45, 7) is 4.32. The molecule has 0 aliphatic heterocycles. The van der Waals surface area contributed by atoms with E-state index in [9.17, 15) is 4.79 Å². The fourth-order valence-electron chi connectivity index (χ4n) is 1.92. The van der Waals surface area contributed by atoms with Gasteiger partial charge in [0.05, 0.1) is 0 Å². The molecule has 0 unspecified atom stereocenters. The van der Waals surface area contributed by atoms with Crippen molar-refractivity contribution in [3.8, 4) is 0 Å². The Balaban J connectivity index is 2.10. The zero-order valence-corrected chi connectivity index (χ0v) is 11.1. The van der Waals surface area contributed by atoms with Crippen molar-refractivity contribution in [2.24, 2.45) is 7.05 Å². The van der Waals surface area contributed by atoms with E-state index in [1.807, 2.05) is 19.2 Å². The largest absolute Gasteiger partial charge is 0.332 e. The highest BCUT2D eigenvalue weighted by atomic mass is 16.1. The van der Waals surface area contributed by atoms with Crippen LogP contribution in [-0.4, -0.2) is 15.3 Å². The Morgan fingerprint density at radius 3 is 2.44 bits per heavy atom. The minimum absolute atomic E-state index is 0.0554. The molecule has 0 N–H and O–H groups in total. The summed E-state index contributed by atoms with van der Waals surface area (Å²) >= 11 is 0. The van der Waals surface area contributed by atoms with E-state index >= 15 is 0 Å². The second-order valence-electron chi connectivity index (χ2n) is 4.86. The number of carbonyl (C=O) groups excluding carboxylic acids is 1. The first-order valence-electron chi connectivity index (χ1n) is 6.17. The quantitative estimate of drug-likeness (QED) is 0.772. The number of Topliss-reactive ketones (excluding diaryl/α,β-unsaturated/α-hetero) is 1. The van der Waals surface area contributed by atoms with E-state index in [4.69, 9.17) is 0 Å². The Labute approximate surface area is 107 Å². The molecule has 0 amide bonds. The number of imidazole rings is 1. The van der Waals surface area contributed by atoms with Crippen LogP contribution < -0.4 is 0 Å². The van der Waals surface area contributed by atoms with E-state index in [0.717, 1.165) is 5.56 Å². The van der Waals surface area contributed by atoms with Crippen LogP contribution in [0.15, 0.2) is 36.7 Å². The van der Waals surface area contributed by atoms with Crippen LogP contribution in [0.1, 0.15) is 41.5 Å². The first-order valence-corrected chi connectivity index (χ1v) is 6.17. The van der Waals surface area contributed by atoms with Crippen LogP contribution in [0.25, 0.3) is 0 Å². The lowest BCUT2D eigenvalue weighted by Gasteiger charge is -2.06. The van der Waals surface area contributed by atoms with Gasteiger partial charge in [-0.05, 0) is 17.0 Å². The maximum atomic E-state index is 12.0. The topological polar surface area (TPSA) is 34.9 Å². The van der Waals surface area contributed by atoms with E-state index in [1.165, 1.54) is 5.56 Å². The maximum absolute atomic E-state index is 12.0. The third kappa shape index (κ3) is 2.67. The van der Waals surface area contributed by atoms with Crippen LogP contribution in [0.5, 0.6) is 0 Å². The molecule has 0 spiro atoms. The lowest BCUT2D eigenvalue weighted by molar-refractivity contribution is 0.0980. The predicted molar refractivity (Wildman–Crippen MR) is 71.8 cm³/mol. The third-order valence-corrected chi connectivity index (χ3v) is 3.08. The van der Waals surface area contributed by atoms with Crippen molar-refractivity contribution in [1.82, 2.24) is 9.55 Å². The van der Waals surface area contributed by atoms with Crippen molar-refractivity contribution in [2.45, 2.75) is 26.2 Å². The molecular formula is C15H18N2O. The number of carbonyl (C=O) groups is 1. The highest BCUT2D eigenvalue weighted by Crippen LogP contribution is 2.15. The van der Waals surface area contributed by atoms with Crippen LogP contribution in [0, 0.1) is 0 Å². The number of hydrogen-bond acceptors (Lipinski definition) is 2. The van der Waals surface area contributed by atoms with Crippen molar-refractivity contribution in [3.05, 3.63) is 53.6 Å². The molecule has 2 aromatic rings. The summed E-state index contributed by atoms with van der Waals surface area (Å²) in [5.41, 5.74) is 2.33. The Bertz CT molecular complexity index is 538. The summed E-state index contributed by atoms with van der Waals surface area (Å²) in [5, 5.41) is 0. The lowest BCUT2D eigenvalue weighted by atomic mass is 10.00. The molecule has 18 heavy (non-hydrogen) atoms. The molecule has 0 saturated heterocycles. The summed E-state index contributed by atoms with van der Waals surface area (Å²) in [6, 6.07) is 8.23. The van der Waals surface area contributed by atoms with Gasteiger partial charge in [-0.15, -0.1) is 0 Å². The molecule has 0 fully saturated rings. The van der Waals surface area contributed by atoms with E-state index < -0.39 is 0 Å². The van der Waals surface area contributed by atoms with E-state index in [1.54, 1.807) is 17.0 Å². The Morgan fingerprint density at radius 1 is 1.28 bits per heavy atom. The summed E-state index contributed by atoms with van der Waals surface area (Å²) in [5.74, 6) is 1.09. The van der Waals surface area contributed by atoms with Gasteiger partial charge in [-0.25, -0.2) is 4.98 Å². The van der Waals surface area contributed by atoms with Crippen molar-refractivity contribution < 1.29 is 4.79 Å². The number of aromatic nitrogens is 2. The number of rotatable bonds is 4. The third-order valence-electron chi connectivity index (χ3n) is 3.08. The Hall–Kier alpha value is -1.90. The minimum Gasteiger partial charge on any atom is -0.332 e. The molecule has 1 aromatic carbocycles. The van der Waals surface area contributed by atoms with Gasteiger partial charge in [-0.1, -0.05) is 38.1 Å². The highest BCUT2D eigenvalue weighted by Gasteiger charge is 2.11. The molecule has 0 saturated carbocycles. The lowest BCUT2D eigenvalue weighted by Crippen LogP contribution is -2.10. The molecule has 0 bridgehead atoms. The van der Waals surface area contributed by atoms with Crippen molar-refractivity contribution >= 4 is 5.78 Å². The summed E-state index contributed by atoms with van der Waals surface area (Å²) in [6.07, 6.45) is 3.84. The molecule has 3 nitrogen and oxygen atoms in total. The summed E-state index contributed by atoms with van der Waals surface area (Å²) in [7, 11) is 1.84. The van der Waals surface area contributed by atoms with Gasteiger partial charge < -0.3 is 4.57 Å². The van der Waals surface area contributed by atoms with Crippen LogP contribution in [-0.2, 0) is 13.5 Å². The number of aryl methyl sites for hydroxylation is 1. The number of nitrogens with zero attached hydrogens (tertiary/aromatic N) is 2. The van der Waals surface area contributed by atoms with E-state index in [0.29, 0.717) is 18.2 Å². The number of benzene rings is 1. The monoisotopic (exact) mass is 242 g/mol. The average Bonchev–Trinajstić information content (AvgIpc) is 2.76. The highest BCUT2D eigenvalue weighted by molar-refractivity contribution is 5.94. The normalized spacial score (nSPS) is 10.9. The molecule has 0 aliphatic carbocycles. The zero-order chi connectivity index (χ0) is 13.1. The van der Waals surface area contributed by atoms with Gasteiger partial charge in [0.1, 0.15) is 0 Å². The maximum Gasteiger partial charge on any atom is 0.202 e. The zero-order valence-electron chi connectivity index (χ0n) is 11.1.